The van der Waals surface area contributed by atoms with Crippen molar-refractivity contribution in [1.82, 2.24) is 10.6 Å². The molecule has 7 N–H and O–H groups in total. The van der Waals surface area contributed by atoms with Crippen molar-refractivity contribution in [3.05, 3.63) is 0 Å². The Balaban J connectivity index is 4.98. The number of rotatable bonds is 15. The van der Waals surface area contributed by atoms with Crippen molar-refractivity contribution < 1.29 is 34.5 Å². The van der Waals surface area contributed by atoms with Crippen LogP contribution in [0.5, 0.6) is 0 Å². The number of nitrogens with two attached hydrogens (primary N) is 1. The lowest BCUT2D eigenvalue weighted by Crippen LogP contribution is -2.50. The van der Waals surface area contributed by atoms with Crippen LogP contribution in [0.3, 0.4) is 0 Å². The van der Waals surface area contributed by atoms with Gasteiger partial charge in [0.25, 0.3) is 0 Å². The number of amides is 2. The molecule has 0 saturated heterocycles. The van der Waals surface area contributed by atoms with E-state index in [1.807, 2.05) is 13.8 Å². The highest BCUT2D eigenvalue weighted by atomic mass is 32.2. The molecule has 162 valence electrons. The molecule has 0 aromatic carbocycles. The van der Waals surface area contributed by atoms with Gasteiger partial charge in [0, 0.05) is 23.5 Å². The van der Waals surface area contributed by atoms with Crippen LogP contribution in [0.1, 0.15) is 46.0 Å². The van der Waals surface area contributed by atoms with E-state index in [1.165, 1.54) is 11.8 Å². The Labute approximate surface area is 168 Å². The number of aliphatic hydroxyl groups excluding tert-OH is 1. The Bertz CT molecular complexity index is 539. The van der Waals surface area contributed by atoms with Crippen LogP contribution in [0.25, 0.3) is 0 Å². The number of carbonyl (C=O) groups is 4. The molecule has 0 rings (SSSR count). The molecular formula is C17H31N3O7S. The monoisotopic (exact) mass is 421 g/mol. The van der Waals surface area contributed by atoms with Gasteiger partial charge < -0.3 is 31.7 Å². The van der Waals surface area contributed by atoms with E-state index in [9.17, 15) is 24.3 Å². The highest BCUT2D eigenvalue weighted by Crippen LogP contribution is 2.33. The fourth-order valence-corrected chi connectivity index (χ4v) is 3.85. The van der Waals surface area contributed by atoms with Crippen LogP contribution in [-0.2, 0) is 19.2 Å². The van der Waals surface area contributed by atoms with Crippen LogP contribution in [0.2, 0.25) is 0 Å². The summed E-state index contributed by atoms with van der Waals surface area (Å²) in [5, 5.41) is 31.5. The molecule has 11 heteroatoms. The highest BCUT2D eigenvalue weighted by Gasteiger charge is 2.28. The summed E-state index contributed by atoms with van der Waals surface area (Å²) in [7, 11) is 0. The van der Waals surface area contributed by atoms with E-state index in [4.69, 9.17) is 15.9 Å². The lowest BCUT2D eigenvalue weighted by atomic mass is 10.0. The largest absolute Gasteiger partial charge is 0.480 e. The van der Waals surface area contributed by atoms with Gasteiger partial charge in [-0.2, -0.15) is 11.8 Å². The molecule has 0 saturated carbocycles. The zero-order valence-electron chi connectivity index (χ0n) is 16.3. The molecule has 0 aromatic rings. The lowest BCUT2D eigenvalue weighted by molar-refractivity contribution is -0.139. The Morgan fingerprint density at radius 3 is 2.32 bits per heavy atom. The second kappa shape index (κ2) is 13.3. The topological polar surface area (TPSA) is 179 Å². The van der Waals surface area contributed by atoms with E-state index in [2.05, 4.69) is 10.6 Å². The van der Waals surface area contributed by atoms with E-state index in [0.717, 1.165) is 12.8 Å². The zero-order valence-corrected chi connectivity index (χ0v) is 17.1. The number of carboxylic acids is 2. The van der Waals surface area contributed by atoms with Crippen molar-refractivity contribution in [2.75, 3.05) is 18.9 Å². The average Bonchev–Trinajstić information content (AvgIpc) is 2.61. The molecular weight excluding hydrogens is 390 g/mol. The summed E-state index contributed by atoms with van der Waals surface area (Å²) in [4.78, 5) is 45.8. The van der Waals surface area contributed by atoms with Crippen molar-refractivity contribution in [2.24, 2.45) is 5.73 Å². The molecule has 0 aliphatic carbocycles. The Hall–Kier alpha value is -1.85. The van der Waals surface area contributed by atoms with Gasteiger partial charge in [0.05, 0.1) is 0 Å². The number of hydrogen-bond donors (Lipinski definition) is 6. The molecule has 2 amide bonds. The van der Waals surface area contributed by atoms with E-state index in [1.54, 1.807) is 0 Å². The molecule has 28 heavy (non-hydrogen) atoms. The minimum absolute atomic E-state index is 0.0151. The van der Waals surface area contributed by atoms with Gasteiger partial charge in [0.2, 0.25) is 11.8 Å². The van der Waals surface area contributed by atoms with Gasteiger partial charge in [0.1, 0.15) is 18.6 Å². The molecule has 0 aliphatic heterocycles. The predicted molar refractivity (Wildman–Crippen MR) is 105 cm³/mol. The van der Waals surface area contributed by atoms with Gasteiger partial charge >= 0.3 is 11.9 Å². The van der Waals surface area contributed by atoms with Crippen molar-refractivity contribution in [2.45, 2.75) is 62.8 Å². The SMILES string of the molecule is CCCC(C)(CCO)SC[C@H](NC(=O)CC[C@H](N)C(=O)O)C(=O)NCC(=O)O. The molecule has 0 aromatic heterocycles. The zero-order chi connectivity index (χ0) is 21.7. The minimum atomic E-state index is -1.22. The Kier molecular flexibility index (Phi) is 12.5. The summed E-state index contributed by atoms with van der Waals surface area (Å²) in [5.74, 6) is -3.45. The number of thioether (sulfide) groups is 1. The molecule has 10 nitrogen and oxygen atoms in total. The first-order valence-corrected chi connectivity index (χ1v) is 10.0. The molecule has 0 fully saturated rings. The Morgan fingerprint density at radius 1 is 1.18 bits per heavy atom. The first kappa shape index (κ1) is 26.1. The molecule has 0 heterocycles. The summed E-state index contributed by atoms with van der Waals surface area (Å²) in [6, 6.07) is -2.18. The van der Waals surface area contributed by atoms with E-state index in [-0.39, 0.29) is 29.9 Å². The molecule has 0 radical (unpaired) electrons. The van der Waals surface area contributed by atoms with Crippen molar-refractivity contribution in [3.8, 4) is 0 Å². The van der Waals surface area contributed by atoms with E-state index < -0.39 is 42.4 Å². The molecule has 3 atom stereocenters. The fourth-order valence-electron chi connectivity index (χ4n) is 2.46. The van der Waals surface area contributed by atoms with Crippen LogP contribution in [0.4, 0.5) is 0 Å². The minimum Gasteiger partial charge on any atom is -0.480 e. The maximum Gasteiger partial charge on any atom is 0.322 e. The average molecular weight is 422 g/mol. The number of hydrogen-bond acceptors (Lipinski definition) is 7. The molecule has 0 aliphatic rings. The second-order valence-electron chi connectivity index (χ2n) is 6.70. The number of aliphatic carboxylic acids is 2. The third kappa shape index (κ3) is 11.1. The van der Waals surface area contributed by atoms with Crippen molar-refractivity contribution in [3.63, 3.8) is 0 Å². The maximum atomic E-state index is 12.3. The fraction of sp³-hybridized carbons (Fsp3) is 0.765. The van der Waals surface area contributed by atoms with Crippen LogP contribution < -0.4 is 16.4 Å². The Morgan fingerprint density at radius 2 is 1.82 bits per heavy atom. The van der Waals surface area contributed by atoms with Crippen LogP contribution in [0, 0.1) is 0 Å². The van der Waals surface area contributed by atoms with Crippen LogP contribution in [0.15, 0.2) is 0 Å². The summed E-state index contributed by atoms with van der Waals surface area (Å²) in [6.07, 6.45) is 1.91. The summed E-state index contributed by atoms with van der Waals surface area (Å²) in [5.41, 5.74) is 5.37. The quantitative estimate of drug-likeness (QED) is 0.204. The van der Waals surface area contributed by atoms with Gasteiger partial charge in [0.15, 0.2) is 0 Å². The summed E-state index contributed by atoms with van der Waals surface area (Å²) in [6.45, 7) is 3.36. The van der Waals surface area contributed by atoms with Crippen LogP contribution >= 0.6 is 11.8 Å². The first-order valence-electron chi connectivity index (χ1n) is 9.06. The predicted octanol–water partition coefficient (Wildman–Crippen LogP) is -0.461. The maximum absolute atomic E-state index is 12.3. The highest BCUT2D eigenvalue weighted by molar-refractivity contribution is 8.00. The summed E-state index contributed by atoms with van der Waals surface area (Å²) < 4.78 is -0.300. The van der Waals surface area contributed by atoms with Gasteiger partial charge in [-0.1, -0.05) is 20.3 Å². The van der Waals surface area contributed by atoms with Crippen molar-refractivity contribution in [1.29, 1.82) is 0 Å². The number of nitrogens with one attached hydrogen (secondary N) is 2. The smallest absolute Gasteiger partial charge is 0.322 e. The van der Waals surface area contributed by atoms with Gasteiger partial charge in [-0.05, 0) is 19.3 Å². The third-order valence-corrected chi connectivity index (χ3v) is 5.69. The van der Waals surface area contributed by atoms with E-state index >= 15 is 0 Å². The van der Waals surface area contributed by atoms with Gasteiger partial charge in [-0.25, -0.2) is 0 Å². The van der Waals surface area contributed by atoms with Gasteiger partial charge in [-0.15, -0.1) is 0 Å². The third-order valence-electron chi connectivity index (χ3n) is 4.08. The number of aliphatic hydroxyl groups is 1. The lowest BCUT2D eigenvalue weighted by Gasteiger charge is -2.30. The summed E-state index contributed by atoms with van der Waals surface area (Å²) >= 11 is 1.41. The van der Waals surface area contributed by atoms with Crippen molar-refractivity contribution >= 4 is 35.5 Å². The number of carboxylic acid groups (broad SMARTS) is 2. The van der Waals surface area contributed by atoms with E-state index in [0.29, 0.717) is 6.42 Å². The van der Waals surface area contributed by atoms with Crippen LogP contribution in [-0.4, -0.2) is 74.8 Å². The molecule has 0 spiro atoms. The standard InChI is InChI=1S/C17H31N3O7S/c1-3-6-17(2,7-8-21)28-10-12(15(25)19-9-14(23)24)20-13(22)5-4-11(18)16(26)27/h11-12,21H,3-10,18H2,1-2H3,(H,19,25)(H,20,22)(H,23,24)(H,26,27)/t11-,12-,17?/m0/s1. The van der Waals surface area contributed by atoms with Gasteiger partial charge in [-0.3, -0.25) is 19.2 Å². The normalized spacial score (nSPS) is 15.1. The molecule has 1 unspecified atom stereocenters. The second-order valence-corrected chi connectivity index (χ2v) is 8.31. The first-order chi connectivity index (χ1) is 13.0. The number of carbonyl (C=O) groups excluding carboxylic acids is 2. The molecule has 0 bridgehead atoms.